The second kappa shape index (κ2) is 18.3. The molecule has 0 bridgehead atoms. The van der Waals surface area contributed by atoms with E-state index in [2.05, 4.69) is 35.4 Å². The maximum Gasteiger partial charge on any atom is 0.290 e. The van der Waals surface area contributed by atoms with E-state index >= 15 is 0 Å². The summed E-state index contributed by atoms with van der Waals surface area (Å²) in [6.07, 6.45) is 9.28. The number of ketones is 2. The number of carbonyl (C=O) groups excluding carboxylic acids is 4. The number of hydrogen-bond acceptors (Lipinski definition) is 11. The number of nitrogens with zero attached hydrogens (tertiary/aromatic N) is 6. The van der Waals surface area contributed by atoms with E-state index in [0.29, 0.717) is 136 Å². The molecule has 12 rings (SSSR count). The zero-order valence-electron chi connectivity index (χ0n) is 40.8. The molecule has 74 heavy (non-hydrogen) atoms. The fourth-order valence-electron chi connectivity index (χ4n) is 11.3. The molecule has 8 aromatic rings. The van der Waals surface area contributed by atoms with Crippen molar-refractivity contribution in [2.75, 3.05) is 67.8 Å². The number of aromatic nitrogens is 4. The average molecular weight is 1030 g/mol. The van der Waals surface area contributed by atoms with Gasteiger partial charge in [-0.3, -0.25) is 24.1 Å². The number of H-pyrrole nitrogens is 2. The van der Waals surface area contributed by atoms with Crippen LogP contribution in [0.4, 0.5) is 22.7 Å². The summed E-state index contributed by atoms with van der Waals surface area (Å²) in [7, 11) is 5.56. The van der Waals surface area contributed by atoms with Crippen LogP contribution in [0.25, 0.3) is 22.1 Å². The summed E-state index contributed by atoms with van der Waals surface area (Å²) in [5.74, 6) is 1.52. The van der Waals surface area contributed by atoms with E-state index < -0.39 is 11.1 Å². The SMILES string of the molecule is CN1CCCC2(C1)Nc1c(c[n+](CN3CCC4(CC3)Nc3c(cnc5[nH]cc(C(=O)c6ccc(Oc7ccccc7)cc6Cl)c35)N(C)C4=O)c3[nH]cc(C(=O)c4ccc(Oc5ccccc5)cc4Cl)c13)N(C)C2=O. The lowest BCUT2D eigenvalue weighted by Crippen LogP contribution is -2.64. The third kappa shape index (κ3) is 8.00. The predicted molar refractivity (Wildman–Crippen MR) is 284 cm³/mol. The van der Waals surface area contributed by atoms with Gasteiger partial charge in [0.15, 0.2) is 11.6 Å². The number of rotatable bonds is 10. The zero-order valence-corrected chi connectivity index (χ0v) is 42.3. The number of piperidine rings is 2. The molecule has 18 heteroatoms. The molecule has 1 unspecified atom stereocenters. The van der Waals surface area contributed by atoms with E-state index in [4.69, 9.17) is 32.7 Å². The molecule has 374 valence electrons. The number of pyridine rings is 2. The summed E-state index contributed by atoms with van der Waals surface area (Å²) < 4.78 is 14.0. The lowest BCUT2D eigenvalue weighted by Gasteiger charge is -2.47. The van der Waals surface area contributed by atoms with E-state index in [0.717, 1.165) is 13.0 Å². The van der Waals surface area contributed by atoms with Crippen LogP contribution in [0.15, 0.2) is 122 Å². The monoisotopic (exact) mass is 1030 g/mol. The largest absolute Gasteiger partial charge is 0.457 e. The highest BCUT2D eigenvalue weighted by Crippen LogP contribution is 2.46. The first-order valence-corrected chi connectivity index (χ1v) is 25.3. The third-order valence-electron chi connectivity index (χ3n) is 15.1. The van der Waals surface area contributed by atoms with Gasteiger partial charge in [0.25, 0.3) is 17.5 Å². The lowest BCUT2D eigenvalue weighted by atomic mass is 9.83. The molecule has 8 heterocycles. The van der Waals surface area contributed by atoms with Crippen LogP contribution in [0.5, 0.6) is 23.0 Å². The maximum atomic E-state index is 14.8. The number of amides is 2. The molecule has 16 nitrogen and oxygen atoms in total. The highest BCUT2D eigenvalue weighted by atomic mass is 35.5. The number of ether oxygens (including phenoxy) is 2. The zero-order chi connectivity index (χ0) is 51.0. The smallest absolute Gasteiger partial charge is 0.290 e. The Morgan fingerprint density at radius 2 is 1.20 bits per heavy atom. The molecule has 2 fully saturated rings. The third-order valence-corrected chi connectivity index (χ3v) is 15.7. The number of fused-ring (bicyclic) bond motifs is 6. The van der Waals surface area contributed by atoms with Gasteiger partial charge in [0.1, 0.15) is 69.9 Å². The van der Waals surface area contributed by atoms with Crippen molar-refractivity contribution in [3.8, 4) is 23.0 Å². The highest BCUT2D eigenvalue weighted by Gasteiger charge is 2.50. The van der Waals surface area contributed by atoms with Crippen LogP contribution in [-0.4, -0.2) is 107 Å². The average Bonchev–Trinajstić information content (AvgIpc) is 4.06. The number of halogens is 2. The summed E-state index contributed by atoms with van der Waals surface area (Å²) in [5.41, 5.74) is 3.14. The van der Waals surface area contributed by atoms with Crippen LogP contribution < -0.4 is 34.5 Å². The van der Waals surface area contributed by atoms with Crippen molar-refractivity contribution in [3.63, 3.8) is 0 Å². The minimum Gasteiger partial charge on any atom is -0.457 e. The molecule has 4 N–H and O–H groups in total. The first kappa shape index (κ1) is 47.3. The Kier molecular flexibility index (Phi) is 11.7. The number of aromatic amines is 2. The van der Waals surface area contributed by atoms with Gasteiger partial charge < -0.3 is 39.8 Å². The van der Waals surface area contributed by atoms with Gasteiger partial charge in [-0.15, -0.1) is 0 Å². The lowest BCUT2D eigenvalue weighted by molar-refractivity contribution is -0.692. The Bertz CT molecular complexity index is 3600. The van der Waals surface area contributed by atoms with Gasteiger partial charge >= 0.3 is 0 Å². The highest BCUT2D eigenvalue weighted by molar-refractivity contribution is 6.37. The van der Waals surface area contributed by atoms with E-state index in [1.807, 2.05) is 78.5 Å². The van der Waals surface area contributed by atoms with E-state index in [1.54, 1.807) is 78.9 Å². The van der Waals surface area contributed by atoms with Gasteiger partial charge in [0, 0.05) is 63.2 Å². The van der Waals surface area contributed by atoms with Crippen molar-refractivity contribution in [3.05, 3.63) is 154 Å². The molecular formula is C56H51Cl2N10O6+. The van der Waals surface area contributed by atoms with Gasteiger partial charge in [-0.1, -0.05) is 59.6 Å². The molecule has 2 amide bonds. The predicted octanol–water partition coefficient (Wildman–Crippen LogP) is 9.42. The van der Waals surface area contributed by atoms with Crippen molar-refractivity contribution in [1.29, 1.82) is 0 Å². The first-order chi connectivity index (χ1) is 35.8. The van der Waals surface area contributed by atoms with Crippen LogP contribution in [0, 0.1) is 0 Å². The molecule has 4 aromatic carbocycles. The van der Waals surface area contributed by atoms with Crippen LogP contribution in [0.3, 0.4) is 0 Å². The Hall–Kier alpha value is -7.76. The molecular weight excluding hydrogens is 980 g/mol. The molecule has 2 saturated heterocycles. The van der Waals surface area contributed by atoms with Crippen molar-refractivity contribution in [1.82, 2.24) is 24.8 Å². The van der Waals surface area contributed by atoms with E-state index in [9.17, 15) is 19.2 Å². The standard InChI is InChI=1S/C56H50Cl2N10O6/c1-64-22-10-19-56(31-64)54(72)66(3)44-30-68(52-46(48(44)63-56)40(28-61-52)50(70)38-18-16-36(26-42(38)58)74-34-13-8-5-9-14-34)32-67-23-20-55(21-24-67)53(71)65(2)43-29-60-51-45(47(43)62-55)39(27-59-51)49(69)37-17-15-35(25-41(37)57)73-33-11-6-4-7-12-33/h4-9,11-18,25-30H,10,19-24,31-32H2,1-3H3,(H3,59,60,61,62,63,69,70)/p+1. The first-order valence-electron chi connectivity index (χ1n) is 24.6. The second-order valence-electron chi connectivity index (χ2n) is 19.7. The van der Waals surface area contributed by atoms with Gasteiger partial charge in [0.2, 0.25) is 0 Å². The normalized spacial score (nSPS) is 18.6. The number of anilines is 4. The summed E-state index contributed by atoms with van der Waals surface area (Å²) >= 11 is 13.7. The fraction of sp³-hybridized carbons (Fsp3) is 0.250. The molecule has 0 aliphatic carbocycles. The van der Waals surface area contributed by atoms with Crippen molar-refractivity contribution >= 4 is 91.4 Å². The summed E-state index contributed by atoms with van der Waals surface area (Å²) in [6, 6.07) is 28.7. The van der Waals surface area contributed by atoms with E-state index in [1.165, 1.54) is 0 Å². The van der Waals surface area contributed by atoms with Gasteiger partial charge in [-0.05, 0) is 87.8 Å². The maximum absolute atomic E-state index is 14.8. The molecule has 0 radical (unpaired) electrons. The Morgan fingerprint density at radius 1 is 0.649 bits per heavy atom. The van der Waals surface area contributed by atoms with Crippen LogP contribution in [-0.2, 0) is 16.3 Å². The summed E-state index contributed by atoms with van der Waals surface area (Å²) in [4.78, 5) is 77.2. The molecule has 4 aliphatic rings. The van der Waals surface area contributed by atoms with E-state index in [-0.39, 0.29) is 33.4 Å². The number of likely N-dealkylation sites (tertiary alicyclic amines) is 2. The van der Waals surface area contributed by atoms with Gasteiger partial charge in [0.05, 0.1) is 49.8 Å². The Balaban J connectivity index is 0.843. The number of likely N-dealkylation sites (N-methyl/N-ethyl adjacent to an activating group) is 3. The number of benzene rings is 4. The fourth-order valence-corrected chi connectivity index (χ4v) is 11.8. The summed E-state index contributed by atoms with van der Waals surface area (Å²) in [5, 5.41) is 9.04. The quantitative estimate of drug-likeness (QED) is 0.0760. The van der Waals surface area contributed by atoms with Crippen LogP contribution in [0.1, 0.15) is 57.5 Å². The molecule has 0 saturated carbocycles. The van der Waals surface area contributed by atoms with Gasteiger partial charge in [-0.2, -0.15) is 0 Å². The van der Waals surface area contributed by atoms with Gasteiger partial charge in [-0.25, -0.2) is 14.5 Å². The minimum absolute atomic E-state index is 0.0415. The number of para-hydroxylation sites is 2. The Morgan fingerprint density at radius 3 is 1.81 bits per heavy atom. The van der Waals surface area contributed by atoms with Crippen molar-refractivity contribution < 1.29 is 33.2 Å². The summed E-state index contributed by atoms with van der Waals surface area (Å²) in [6.45, 7) is 2.77. The minimum atomic E-state index is -1.00. The molecule has 1 atom stereocenters. The second-order valence-corrected chi connectivity index (χ2v) is 20.6. The van der Waals surface area contributed by atoms with Crippen LogP contribution in [0.2, 0.25) is 10.0 Å². The molecule has 4 aliphatic heterocycles. The molecule has 2 spiro atoms. The van der Waals surface area contributed by atoms with Crippen molar-refractivity contribution in [2.24, 2.45) is 0 Å². The molecule has 4 aromatic heterocycles. The number of nitrogens with one attached hydrogen (secondary N) is 4. The topological polar surface area (TPSA) is 172 Å². The van der Waals surface area contributed by atoms with Crippen molar-refractivity contribution in [2.45, 2.75) is 43.4 Å². The van der Waals surface area contributed by atoms with Crippen LogP contribution >= 0.6 is 23.2 Å². The number of carbonyl (C=O) groups is 4. The Labute approximate surface area is 435 Å². The number of hydrogen-bond donors (Lipinski definition) is 4.